The highest BCUT2D eigenvalue weighted by Crippen LogP contribution is 2.17. The maximum Gasteiger partial charge on any atom is 0.273 e. The first-order chi connectivity index (χ1) is 8.27. The molecular formula is C12H17N3O2. The van der Waals surface area contributed by atoms with E-state index in [9.17, 15) is 10.1 Å². The van der Waals surface area contributed by atoms with Gasteiger partial charge in [-0.15, -0.1) is 0 Å². The van der Waals surface area contributed by atoms with E-state index in [0.29, 0.717) is 12.6 Å². The molecule has 0 amide bonds. The Hall–Kier alpha value is -1.46. The van der Waals surface area contributed by atoms with Gasteiger partial charge in [-0.2, -0.15) is 0 Å². The number of rotatable bonds is 5. The van der Waals surface area contributed by atoms with Crippen LogP contribution in [-0.2, 0) is 6.54 Å². The average Bonchev–Trinajstić information content (AvgIpc) is 2.82. The van der Waals surface area contributed by atoms with Gasteiger partial charge in [-0.1, -0.05) is 18.2 Å². The highest BCUT2D eigenvalue weighted by molar-refractivity contribution is 5.39. The minimum atomic E-state index is -0.329. The van der Waals surface area contributed by atoms with Crippen molar-refractivity contribution in [1.82, 2.24) is 10.6 Å². The summed E-state index contributed by atoms with van der Waals surface area (Å²) < 4.78 is 0. The number of nitrogens with zero attached hydrogens (tertiary/aromatic N) is 1. The second-order valence-electron chi connectivity index (χ2n) is 4.31. The van der Waals surface area contributed by atoms with E-state index in [4.69, 9.17) is 0 Å². The van der Waals surface area contributed by atoms with Crippen molar-refractivity contribution < 1.29 is 4.92 Å². The van der Waals surface area contributed by atoms with Crippen molar-refractivity contribution in [2.45, 2.75) is 25.4 Å². The Bertz CT molecular complexity index is 389. The standard InChI is InChI=1S/C12H17N3O2/c16-15(17)12-6-2-1-4-10(12)8-13-9-11-5-3-7-14-11/h1-2,4,6,11,13-14H,3,5,7-9H2. The Balaban J connectivity index is 1.87. The van der Waals surface area contributed by atoms with Gasteiger partial charge in [0.05, 0.1) is 4.92 Å². The van der Waals surface area contributed by atoms with Crippen LogP contribution in [0.3, 0.4) is 0 Å². The van der Waals surface area contributed by atoms with Gasteiger partial charge in [-0.05, 0) is 19.4 Å². The van der Waals surface area contributed by atoms with Crippen LogP contribution in [-0.4, -0.2) is 24.1 Å². The van der Waals surface area contributed by atoms with Crippen LogP contribution in [0.2, 0.25) is 0 Å². The van der Waals surface area contributed by atoms with Gasteiger partial charge in [0, 0.05) is 30.8 Å². The van der Waals surface area contributed by atoms with Gasteiger partial charge in [0.25, 0.3) is 5.69 Å². The van der Waals surface area contributed by atoms with E-state index in [0.717, 1.165) is 18.7 Å². The zero-order valence-corrected chi connectivity index (χ0v) is 9.69. The predicted octanol–water partition coefficient (Wildman–Crippen LogP) is 1.44. The first kappa shape index (κ1) is 12.0. The molecule has 1 aliphatic heterocycles. The quantitative estimate of drug-likeness (QED) is 0.598. The van der Waals surface area contributed by atoms with E-state index in [1.165, 1.54) is 12.8 Å². The van der Waals surface area contributed by atoms with Crippen LogP contribution in [0, 0.1) is 10.1 Å². The van der Waals surface area contributed by atoms with E-state index in [1.807, 2.05) is 6.07 Å². The lowest BCUT2D eigenvalue weighted by molar-refractivity contribution is -0.385. The summed E-state index contributed by atoms with van der Waals surface area (Å²) in [7, 11) is 0. The summed E-state index contributed by atoms with van der Waals surface area (Å²) in [6.45, 7) is 2.50. The van der Waals surface area contributed by atoms with Crippen molar-refractivity contribution in [2.24, 2.45) is 0 Å². The normalized spacial score (nSPS) is 19.4. The summed E-state index contributed by atoms with van der Waals surface area (Å²) in [5.74, 6) is 0. The Morgan fingerprint density at radius 1 is 1.47 bits per heavy atom. The molecule has 1 atom stereocenters. The molecule has 5 nitrogen and oxygen atoms in total. The Morgan fingerprint density at radius 3 is 3.00 bits per heavy atom. The fourth-order valence-electron chi connectivity index (χ4n) is 2.15. The first-order valence-corrected chi connectivity index (χ1v) is 5.94. The van der Waals surface area contributed by atoms with Crippen molar-refractivity contribution in [2.75, 3.05) is 13.1 Å². The van der Waals surface area contributed by atoms with Gasteiger partial charge in [0.2, 0.25) is 0 Å². The zero-order chi connectivity index (χ0) is 12.1. The number of benzene rings is 1. The number of para-hydroxylation sites is 1. The van der Waals surface area contributed by atoms with Gasteiger partial charge >= 0.3 is 0 Å². The maximum absolute atomic E-state index is 10.8. The average molecular weight is 235 g/mol. The number of hydrogen-bond donors (Lipinski definition) is 2. The third-order valence-corrected chi connectivity index (χ3v) is 3.06. The molecule has 2 N–H and O–H groups in total. The fourth-order valence-corrected chi connectivity index (χ4v) is 2.15. The molecule has 1 unspecified atom stereocenters. The monoisotopic (exact) mass is 235 g/mol. The molecule has 2 rings (SSSR count). The number of nitro groups is 1. The van der Waals surface area contributed by atoms with Gasteiger partial charge in [0.1, 0.15) is 0 Å². The van der Waals surface area contributed by atoms with Gasteiger partial charge in [-0.3, -0.25) is 10.1 Å². The third kappa shape index (κ3) is 3.25. The largest absolute Gasteiger partial charge is 0.313 e. The van der Waals surface area contributed by atoms with Crippen molar-refractivity contribution in [3.8, 4) is 0 Å². The Kier molecular flexibility index (Phi) is 4.06. The lowest BCUT2D eigenvalue weighted by atomic mass is 10.1. The molecule has 0 aliphatic carbocycles. The summed E-state index contributed by atoms with van der Waals surface area (Å²) in [6, 6.07) is 7.38. The molecular weight excluding hydrogens is 218 g/mol. The molecule has 92 valence electrons. The molecule has 5 heteroatoms. The Labute approximate surface area is 100 Å². The summed E-state index contributed by atoms with van der Waals surface area (Å²) in [6.07, 6.45) is 2.40. The van der Waals surface area contributed by atoms with Crippen LogP contribution < -0.4 is 10.6 Å². The van der Waals surface area contributed by atoms with Gasteiger partial charge in [-0.25, -0.2) is 0 Å². The minimum absolute atomic E-state index is 0.194. The second kappa shape index (κ2) is 5.75. The lowest BCUT2D eigenvalue weighted by Gasteiger charge is -2.11. The van der Waals surface area contributed by atoms with Crippen molar-refractivity contribution in [3.63, 3.8) is 0 Å². The summed E-state index contributed by atoms with van der Waals surface area (Å²) in [5, 5.41) is 17.5. The van der Waals surface area contributed by atoms with Crippen molar-refractivity contribution in [1.29, 1.82) is 0 Å². The molecule has 0 bridgehead atoms. The third-order valence-electron chi connectivity index (χ3n) is 3.06. The number of nitrogens with one attached hydrogen (secondary N) is 2. The van der Waals surface area contributed by atoms with Crippen LogP contribution in [0.15, 0.2) is 24.3 Å². The smallest absolute Gasteiger partial charge is 0.273 e. The van der Waals surface area contributed by atoms with Crippen LogP contribution in [0.4, 0.5) is 5.69 Å². The van der Waals surface area contributed by atoms with Crippen molar-refractivity contribution in [3.05, 3.63) is 39.9 Å². The number of hydrogen-bond acceptors (Lipinski definition) is 4. The second-order valence-corrected chi connectivity index (χ2v) is 4.31. The van der Waals surface area contributed by atoms with Crippen LogP contribution in [0.1, 0.15) is 18.4 Å². The minimum Gasteiger partial charge on any atom is -0.313 e. The number of nitro benzene ring substituents is 1. The van der Waals surface area contributed by atoms with E-state index in [-0.39, 0.29) is 10.6 Å². The molecule has 0 saturated carbocycles. The van der Waals surface area contributed by atoms with Gasteiger partial charge < -0.3 is 10.6 Å². The van der Waals surface area contributed by atoms with Crippen LogP contribution in [0.25, 0.3) is 0 Å². The molecule has 1 saturated heterocycles. The summed E-state index contributed by atoms with van der Waals surface area (Å²) in [4.78, 5) is 10.5. The van der Waals surface area contributed by atoms with E-state index < -0.39 is 0 Å². The van der Waals surface area contributed by atoms with Crippen LogP contribution in [0.5, 0.6) is 0 Å². The predicted molar refractivity (Wildman–Crippen MR) is 65.8 cm³/mol. The van der Waals surface area contributed by atoms with E-state index in [2.05, 4.69) is 10.6 Å². The topological polar surface area (TPSA) is 67.2 Å². The van der Waals surface area contributed by atoms with Gasteiger partial charge in [0.15, 0.2) is 0 Å². The summed E-state index contributed by atoms with van der Waals surface area (Å²) in [5.41, 5.74) is 0.940. The van der Waals surface area contributed by atoms with Crippen LogP contribution >= 0.6 is 0 Å². The SMILES string of the molecule is O=[N+]([O-])c1ccccc1CNCC1CCCN1. The molecule has 0 aromatic heterocycles. The molecule has 1 fully saturated rings. The molecule has 0 spiro atoms. The highest BCUT2D eigenvalue weighted by atomic mass is 16.6. The summed E-state index contributed by atoms with van der Waals surface area (Å²) >= 11 is 0. The molecule has 1 aromatic rings. The maximum atomic E-state index is 10.8. The first-order valence-electron chi connectivity index (χ1n) is 5.94. The lowest BCUT2D eigenvalue weighted by Crippen LogP contribution is -2.33. The Morgan fingerprint density at radius 2 is 2.29 bits per heavy atom. The molecule has 1 aliphatic rings. The van der Waals surface area contributed by atoms with Crippen molar-refractivity contribution >= 4 is 5.69 Å². The molecule has 17 heavy (non-hydrogen) atoms. The van der Waals surface area contributed by atoms with E-state index in [1.54, 1.807) is 18.2 Å². The zero-order valence-electron chi connectivity index (χ0n) is 9.69. The molecule has 1 heterocycles. The van der Waals surface area contributed by atoms with E-state index >= 15 is 0 Å². The molecule has 1 aromatic carbocycles. The highest BCUT2D eigenvalue weighted by Gasteiger charge is 2.15. The fraction of sp³-hybridized carbons (Fsp3) is 0.500. The molecule has 0 radical (unpaired) electrons.